The first-order valence-corrected chi connectivity index (χ1v) is 8.01. The number of hydrogen-bond donors (Lipinski definition) is 1. The van der Waals surface area contributed by atoms with Crippen LogP contribution in [-0.2, 0) is 13.0 Å². The summed E-state index contributed by atoms with van der Waals surface area (Å²) in [6, 6.07) is 6.40. The maximum absolute atomic E-state index is 5.79. The van der Waals surface area contributed by atoms with Crippen molar-refractivity contribution in [2.45, 2.75) is 32.7 Å². The van der Waals surface area contributed by atoms with Crippen molar-refractivity contribution in [2.24, 2.45) is 0 Å². The number of anilines is 1. The van der Waals surface area contributed by atoms with Crippen LogP contribution in [0.15, 0.2) is 18.2 Å². The molecule has 3 rings (SSSR count). The zero-order chi connectivity index (χ0) is 13.9. The summed E-state index contributed by atoms with van der Waals surface area (Å²) in [6.45, 7) is 5.60. The number of nitrogens with two attached hydrogens (primary N) is 1. The number of likely N-dealkylation sites (tertiary alicyclic amines) is 1. The van der Waals surface area contributed by atoms with Crippen LogP contribution in [0.1, 0.15) is 30.3 Å². The maximum Gasteiger partial charge on any atom is 0.220 e. The second kappa shape index (κ2) is 5.89. The Morgan fingerprint density at radius 3 is 2.80 bits per heavy atom. The highest BCUT2D eigenvalue weighted by molar-refractivity contribution is 7.15. The van der Waals surface area contributed by atoms with Gasteiger partial charge in [0, 0.05) is 17.1 Å². The van der Waals surface area contributed by atoms with Gasteiger partial charge in [-0.1, -0.05) is 6.92 Å². The van der Waals surface area contributed by atoms with Crippen molar-refractivity contribution in [1.82, 2.24) is 14.9 Å². The monoisotopic (exact) mass is 288 g/mol. The number of aryl methyl sites for hydroxylation is 1. The quantitative estimate of drug-likeness (QED) is 0.940. The van der Waals surface area contributed by atoms with Crippen molar-refractivity contribution in [2.75, 3.05) is 18.8 Å². The van der Waals surface area contributed by atoms with Crippen LogP contribution < -0.4 is 5.73 Å². The zero-order valence-corrected chi connectivity index (χ0v) is 12.6. The number of rotatable bonds is 4. The number of aromatic nitrogens is 2. The van der Waals surface area contributed by atoms with E-state index >= 15 is 0 Å². The molecule has 1 saturated heterocycles. The molecule has 1 fully saturated rings. The average Bonchev–Trinajstić information content (AvgIpc) is 3.10. The Kier molecular flexibility index (Phi) is 3.98. The van der Waals surface area contributed by atoms with Crippen molar-refractivity contribution in [3.8, 4) is 10.6 Å². The predicted octanol–water partition coefficient (Wildman–Crippen LogP) is 2.95. The van der Waals surface area contributed by atoms with Gasteiger partial charge in [-0.3, -0.25) is 4.90 Å². The van der Waals surface area contributed by atoms with Gasteiger partial charge >= 0.3 is 0 Å². The first-order valence-electron chi connectivity index (χ1n) is 7.19. The minimum Gasteiger partial charge on any atom is -0.368 e. The van der Waals surface area contributed by atoms with Gasteiger partial charge in [-0.2, -0.15) is 0 Å². The molecule has 1 aliphatic heterocycles. The van der Waals surface area contributed by atoms with Crippen LogP contribution in [0, 0.1) is 0 Å². The first-order chi connectivity index (χ1) is 9.74. The summed E-state index contributed by atoms with van der Waals surface area (Å²) in [6.07, 6.45) is 3.55. The molecule has 0 bridgehead atoms. The lowest BCUT2D eigenvalue weighted by molar-refractivity contribution is 0.334. The Labute approximate surface area is 123 Å². The highest BCUT2D eigenvalue weighted by Gasteiger charge is 2.14. The van der Waals surface area contributed by atoms with E-state index in [4.69, 9.17) is 5.73 Å². The molecular formula is C15H20N4S. The van der Waals surface area contributed by atoms with Gasteiger partial charge in [0.05, 0.1) is 10.6 Å². The third-order valence-electron chi connectivity index (χ3n) is 3.65. The molecule has 106 valence electrons. The molecule has 2 aromatic heterocycles. The van der Waals surface area contributed by atoms with Crippen LogP contribution in [0.2, 0.25) is 0 Å². The second-order valence-electron chi connectivity index (χ2n) is 5.21. The van der Waals surface area contributed by atoms with Crippen molar-refractivity contribution in [3.63, 3.8) is 0 Å². The molecular weight excluding hydrogens is 268 g/mol. The van der Waals surface area contributed by atoms with E-state index in [0.717, 1.165) is 24.4 Å². The molecule has 3 heterocycles. The summed E-state index contributed by atoms with van der Waals surface area (Å²) in [7, 11) is 0. The number of hydrogen-bond acceptors (Lipinski definition) is 5. The fourth-order valence-electron chi connectivity index (χ4n) is 2.59. The number of nitrogens with zero attached hydrogens (tertiary/aromatic N) is 3. The third kappa shape index (κ3) is 2.99. The van der Waals surface area contributed by atoms with E-state index in [9.17, 15) is 0 Å². The van der Waals surface area contributed by atoms with Crippen molar-refractivity contribution < 1.29 is 0 Å². The van der Waals surface area contributed by atoms with Crippen molar-refractivity contribution >= 4 is 17.3 Å². The van der Waals surface area contributed by atoms with E-state index in [1.807, 2.05) is 17.4 Å². The van der Waals surface area contributed by atoms with Crippen molar-refractivity contribution in [3.05, 3.63) is 28.8 Å². The topological polar surface area (TPSA) is 55.0 Å². The standard InChI is InChI=1S/C15H20N4S/c1-2-11-9-13(18-15(16)17-11)14-6-5-12(20-14)10-19-7-3-4-8-19/h5-6,9H,2-4,7-8,10H2,1H3,(H2,16,17,18). The fourth-order valence-corrected chi connectivity index (χ4v) is 3.60. The predicted molar refractivity (Wildman–Crippen MR) is 83.6 cm³/mol. The lowest BCUT2D eigenvalue weighted by atomic mass is 10.2. The molecule has 0 radical (unpaired) electrons. The molecule has 0 amide bonds. The Morgan fingerprint density at radius 2 is 2.05 bits per heavy atom. The lowest BCUT2D eigenvalue weighted by Crippen LogP contribution is -2.17. The SMILES string of the molecule is CCc1cc(-c2ccc(CN3CCCC3)s2)nc(N)n1. The summed E-state index contributed by atoms with van der Waals surface area (Å²) in [5.74, 6) is 0.369. The average molecular weight is 288 g/mol. The van der Waals surface area contributed by atoms with Crippen LogP contribution in [0.5, 0.6) is 0 Å². The van der Waals surface area contributed by atoms with Crippen LogP contribution in [0.25, 0.3) is 10.6 Å². The molecule has 0 aromatic carbocycles. The van der Waals surface area contributed by atoms with E-state index < -0.39 is 0 Å². The summed E-state index contributed by atoms with van der Waals surface area (Å²) in [5, 5.41) is 0. The van der Waals surface area contributed by atoms with Crippen molar-refractivity contribution in [1.29, 1.82) is 0 Å². The van der Waals surface area contributed by atoms with E-state index in [1.165, 1.54) is 35.7 Å². The van der Waals surface area contributed by atoms with Crippen LogP contribution in [0.3, 0.4) is 0 Å². The Balaban J connectivity index is 1.80. The molecule has 2 N–H and O–H groups in total. The normalized spacial score (nSPS) is 15.8. The smallest absolute Gasteiger partial charge is 0.220 e. The Morgan fingerprint density at radius 1 is 1.25 bits per heavy atom. The minimum absolute atomic E-state index is 0.369. The van der Waals surface area contributed by atoms with E-state index in [-0.39, 0.29) is 0 Å². The van der Waals surface area contributed by atoms with Gasteiger partial charge in [0.1, 0.15) is 0 Å². The summed E-state index contributed by atoms with van der Waals surface area (Å²) >= 11 is 1.81. The number of nitrogen functional groups attached to an aromatic ring is 1. The Bertz CT molecular complexity index is 587. The number of thiophene rings is 1. The second-order valence-corrected chi connectivity index (χ2v) is 6.37. The highest BCUT2D eigenvalue weighted by atomic mass is 32.1. The molecule has 0 atom stereocenters. The van der Waals surface area contributed by atoms with Gasteiger partial charge in [-0.05, 0) is 50.6 Å². The van der Waals surface area contributed by atoms with Crippen LogP contribution in [-0.4, -0.2) is 28.0 Å². The molecule has 1 aliphatic rings. The van der Waals surface area contributed by atoms with E-state index in [0.29, 0.717) is 5.95 Å². The van der Waals surface area contributed by atoms with E-state index in [1.54, 1.807) is 0 Å². The summed E-state index contributed by atoms with van der Waals surface area (Å²) < 4.78 is 0. The zero-order valence-electron chi connectivity index (χ0n) is 11.8. The highest BCUT2D eigenvalue weighted by Crippen LogP contribution is 2.29. The molecule has 20 heavy (non-hydrogen) atoms. The van der Waals surface area contributed by atoms with Gasteiger partial charge in [-0.25, -0.2) is 9.97 Å². The van der Waals surface area contributed by atoms with Gasteiger partial charge in [0.25, 0.3) is 0 Å². The van der Waals surface area contributed by atoms with Gasteiger partial charge in [-0.15, -0.1) is 11.3 Å². The van der Waals surface area contributed by atoms with Gasteiger partial charge in [0.15, 0.2) is 0 Å². The molecule has 2 aromatic rings. The fraction of sp³-hybridized carbons (Fsp3) is 0.467. The summed E-state index contributed by atoms with van der Waals surface area (Å²) in [5.41, 5.74) is 7.74. The van der Waals surface area contributed by atoms with Crippen LogP contribution in [0.4, 0.5) is 5.95 Å². The third-order valence-corrected chi connectivity index (χ3v) is 4.74. The Hall–Kier alpha value is -1.46. The molecule has 0 spiro atoms. The lowest BCUT2D eigenvalue weighted by Gasteiger charge is -2.12. The molecule has 0 aliphatic carbocycles. The van der Waals surface area contributed by atoms with E-state index in [2.05, 4.69) is 33.9 Å². The molecule has 0 unspecified atom stereocenters. The maximum atomic E-state index is 5.79. The largest absolute Gasteiger partial charge is 0.368 e. The van der Waals surface area contributed by atoms with Crippen LogP contribution >= 0.6 is 11.3 Å². The minimum atomic E-state index is 0.369. The van der Waals surface area contributed by atoms with Gasteiger partial charge in [0.2, 0.25) is 5.95 Å². The molecule has 0 saturated carbocycles. The first kappa shape index (κ1) is 13.5. The summed E-state index contributed by atoms with van der Waals surface area (Å²) in [4.78, 5) is 13.7. The van der Waals surface area contributed by atoms with Gasteiger partial charge < -0.3 is 5.73 Å². The molecule has 4 nitrogen and oxygen atoms in total. The molecule has 5 heteroatoms.